The highest BCUT2D eigenvalue weighted by molar-refractivity contribution is 5.91. The van der Waals surface area contributed by atoms with Gasteiger partial charge in [0.2, 0.25) is 5.91 Å². The molecule has 4 nitrogen and oxygen atoms in total. The summed E-state index contributed by atoms with van der Waals surface area (Å²) in [7, 11) is 0. The zero-order chi connectivity index (χ0) is 13.4. The summed E-state index contributed by atoms with van der Waals surface area (Å²) in [6.45, 7) is 4.13. The second-order valence-electron chi connectivity index (χ2n) is 3.67. The van der Waals surface area contributed by atoms with Gasteiger partial charge in [-0.3, -0.25) is 4.79 Å². The monoisotopic (exact) mass is 247 g/mol. The second kappa shape index (κ2) is 7.49. The molecule has 1 rings (SSSR count). The van der Waals surface area contributed by atoms with E-state index < -0.39 is 0 Å². The number of carbonyl (C=O) groups excluding carboxylic acids is 1. The molecule has 2 N–H and O–H groups in total. The van der Waals surface area contributed by atoms with Gasteiger partial charge in [-0.1, -0.05) is 17.9 Å². The number of ether oxygens (including phenoxy) is 1. The third kappa shape index (κ3) is 4.58. The molecule has 0 spiro atoms. The standard InChI is InChI=1S/C14H17NO3/c1-3-18-10-14(17)15-13-7-6-11(2)12(9-13)5-4-8-16/h6-7,9,16H,3,8,10H2,1-2H3,(H,15,17). The van der Waals surface area contributed by atoms with Crippen LogP contribution in [0.15, 0.2) is 18.2 Å². The van der Waals surface area contributed by atoms with Crippen molar-refractivity contribution >= 4 is 11.6 Å². The molecule has 0 bridgehead atoms. The zero-order valence-corrected chi connectivity index (χ0v) is 10.6. The van der Waals surface area contributed by atoms with Crippen LogP contribution in [-0.4, -0.2) is 30.8 Å². The number of aliphatic hydroxyl groups excluding tert-OH is 1. The van der Waals surface area contributed by atoms with Gasteiger partial charge in [-0.05, 0) is 31.5 Å². The van der Waals surface area contributed by atoms with E-state index in [1.807, 2.05) is 26.0 Å². The molecule has 18 heavy (non-hydrogen) atoms. The van der Waals surface area contributed by atoms with E-state index in [9.17, 15) is 4.79 Å². The van der Waals surface area contributed by atoms with E-state index in [4.69, 9.17) is 9.84 Å². The number of aliphatic hydroxyl groups is 1. The summed E-state index contributed by atoms with van der Waals surface area (Å²) in [5.74, 6) is 5.23. The van der Waals surface area contributed by atoms with Crippen molar-refractivity contribution < 1.29 is 14.6 Å². The first-order valence-corrected chi connectivity index (χ1v) is 5.75. The minimum atomic E-state index is -0.193. The summed E-state index contributed by atoms with van der Waals surface area (Å²) < 4.78 is 5.01. The summed E-state index contributed by atoms with van der Waals surface area (Å²) in [6.07, 6.45) is 0. The van der Waals surface area contributed by atoms with Crippen molar-refractivity contribution in [3.05, 3.63) is 29.3 Å². The van der Waals surface area contributed by atoms with Gasteiger partial charge in [0.25, 0.3) is 0 Å². The molecule has 0 aliphatic carbocycles. The molecule has 0 radical (unpaired) electrons. The highest BCUT2D eigenvalue weighted by atomic mass is 16.5. The van der Waals surface area contributed by atoms with Crippen molar-refractivity contribution in [1.29, 1.82) is 0 Å². The number of aryl methyl sites for hydroxylation is 1. The molecule has 0 aromatic heterocycles. The van der Waals surface area contributed by atoms with E-state index in [0.717, 1.165) is 11.1 Å². The van der Waals surface area contributed by atoms with Gasteiger partial charge in [0.05, 0.1) is 0 Å². The van der Waals surface area contributed by atoms with Crippen molar-refractivity contribution in [2.24, 2.45) is 0 Å². The average Bonchev–Trinajstić information content (AvgIpc) is 2.37. The molecule has 1 aromatic rings. The summed E-state index contributed by atoms with van der Waals surface area (Å²) >= 11 is 0. The van der Waals surface area contributed by atoms with Gasteiger partial charge in [0.1, 0.15) is 13.2 Å². The van der Waals surface area contributed by atoms with E-state index in [0.29, 0.717) is 12.3 Å². The second-order valence-corrected chi connectivity index (χ2v) is 3.67. The number of nitrogens with one attached hydrogen (secondary N) is 1. The Labute approximate surface area is 107 Å². The van der Waals surface area contributed by atoms with Gasteiger partial charge in [0, 0.05) is 17.9 Å². The van der Waals surface area contributed by atoms with Crippen LogP contribution in [0.5, 0.6) is 0 Å². The molecular weight excluding hydrogens is 230 g/mol. The SMILES string of the molecule is CCOCC(=O)Nc1ccc(C)c(C#CCO)c1. The quantitative estimate of drug-likeness (QED) is 0.789. The first kappa shape index (κ1) is 14.2. The molecule has 0 atom stereocenters. The molecular formula is C14H17NO3. The summed E-state index contributed by atoms with van der Waals surface area (Å²) in [4.78, 5) is 11.5. The van der Waals surface area contributed by atoms with E-state index in [1.165, 1.54) is 0 Å². The highest BCUT2D eigenvalue weighted by Gasteiger charge is 2.03. The number of benzene rings is 1. The van der Waals surface area contributed by atoms with Gasteiger partial charge < -0.3 is 15.2 Å². The third-order valence-electron chi connectivity index (χ3n) is 2.26. The van der Waals surface area contributed by atoms with Crippen LogP contribution in [-0.2, 0) is 9.53 Å². The van der Waals surface area contributed by atoms with E-state index >= 15 is 0 Å². The van der Waals surface area contributed by atoms with Crippen molar-refractivity contribution in [3.63, 3.8) is 0 Å². The number of carbonyl (C=O) groups is 1. The predicted octanol–water partition coefficient (Wildman–Crippen LogP) is 1.31. The van der Waals surface area contributed by atoms with Crippen LogP contribution in [0.1, 0.15) is 18.1 Å². The van der Waals surface area contributed by atoms with E-state index in [-0.39, 0.29) is 19.1 Å². The molecule has 0 heterocycles. The topological polar surface area (TPSA) is 58.6 Å². The molecule has 0 saturated carbocycles. The maximum atomic E-state index is 11.5. The number of hydrogen-bond acceptors (Lipinski definition) is 3. The van der Waals surface area contributed by atoms with Crippen LogP contribution in [0.3, 0.4) is 0 Å². The normalized spacial score (nSPS) is 9.50. The molecule has 0 unspecified atom stereocenters. The number of anilines is 1. The first-order chi connectivity index (χ1) is 8.67. The van der Waals surface area contributed by atoms with E-state index in [1.54, 1.807) is 6.07 Å². The fourth-order valence-corrected chi connectivity index (χ4v) is 1.36. The molecule has 0 aliphatic rings. The van der Waals surface area contributed by atoms with E-state index in [2.05, 4.69) is 17.2 Å². The van der Waals surface area contributed by atoms with Crippen molar-refractivity contribution in [1.82, 2.24) is 0 Å². The Morgan fingerprint density at radius 3 is 2.94 bits per heavy atom. The van der Waals surface area contributed by atoms with Crippen LogP contribution in [0.25, 0.3) is 0 Å². The Balaban J connectivity index is 2.75. The lowest BCUT2D eigenvalue weighted by molar-refractivity contribution is -0.120. The maximum Gasteiger partial charge on any atom is 0.250 e. The van der Waals surface area contributed by atoms with Crippen LogP contribution >= 0.6 is 0 Å². The lowest BCUT2D eigenvalue weighted by Crippen LogP contribution is -2.18. The maximum absolute atomic E-state index is 11.5. The summed E-state index contributed by atoms with van der Waals surface area (Å²) in [6, 6.07) is 5.46. The van der Waals surface area contributed by atoms with Gasteiger partial charge in [-0.15, -0.1) is 0 Å². The predicted molar refractivity (Wildman–Crippen MR) is 70.3 cm³/mol. The number of amides is 1. The highest BCUT2D eigenvalue weighted by Crippen LogP contribution is 2.14. The fourth-order valence-electron chi connectivity index (χ4n) is 1.36. The Morgan fingerprint density at radius 2 is 2.28 bits per heavy atom. The van der Waals surface area contributed by atoms with Crippen molar-refractivity contribution in [2.75, 3.05) is 25.1 Å². The van der Waals surface area contributed by atoms with Crippen LogP contribution in [0.2, 0.25) is 0 Å². The molecule has 0 aliphatic heterocycles. The number of hydrogen-bond donors (Lipinski definition) is 2. The van der Waals surface area contributed by atoms with Gasteiger partial charge >= 0.3 is 0 Å². The summed E-state index contributed by atoms with van der Waals surface area (Å²) in [5, 5.41) is 11.4. The molecule has 0 fully saturated rings. The molecule has 0 saturated heterocycles. The minimum Gasteiger partial charge on any atom is -0.384 e. The van der Waals surface area contributed by atoms with Crippen molar-refractivity contribution in [2.45, 2.75) is 13.8 Å². The lowest BCUT2D eigenvalue weighted by Gasteiger charge is -2.07. The Kier molecular flexibility index (Phi) is 5.92. The lowest BCUT2D eigenvalue weighted by atomic mass is 10.1. The molecule has 4 heteroatoms. The van der Waals surface area contributed by atoms with Crippen LogP contribution in [0, 0.1) is 18.8 Å². The van der Waals surface area contributed by atoms with Crippen molar-refractivity contribution in [3.8, 4) is 11.8 Å². The number of rotatable bonds is 4. The van der Waals surface area contributed by atoms with Crippen LogP contribution < -0.4 is 5.32 Å². The van der Waals surface area contributed by atoms with Gasteiger partial charge in [-0.2, -0.15) is 0 Å². The largest absolute Gasteiger partial charge is 0.384 e. The first-order valence-electron chi connectivity index (χ1n) is 5.75. The van der Waals surface area contributed by atoms with Gasteiger partial charge in [0.15, 0.2) is 0 Å². The Morgan fingerprint density at radius 1 is 1.50 bits per heavy atom. The zero-order valence-electron chi connectivity index (χ0n) is 10.6. The van der Waals surface area contributed by atoms with Crippen LogP contribution in [0.4, 0.5) is 5.69 Å². The Hall–Kier alpha value is -1.83. The van der Waals surface area contributed by atoms with Gasteiger partial charge in [-0.25, -0.2) is 0 Å². The minimum absolute atomic E-state index is 0.0437. The average molecular weight is 247 g/mol. The molecule has 96 valence electrons. The Bertz CT molecular complexity index is 472. The smallest absolute Gasteiger partial charge is 0.250 e. The molecule has 1 amide bonds. The molecule has 1 aromatic carbocycles. The fraction of sp³-hybridized carbons (Fsp3) is 0.357. The third-order valence-corrected chi connectivity index (χ3v) is 2.26. The summed E-state index contributed by atoms with van der Waals surface area (Å²) in [5.41, 5.74) is 2.46.